The maximum absolute atomic E-state index is 4.74. The Balaban J connectivity index is 1.82. The number of aryl methyl sites for hydroxylation is 1. The van der Waals surface area contributed by atoms with E-state index in [1.54, 1.807) is 11.3 Å². The van der Waals surface area contributed by atoms with Crippen LogP contribution in [0.5, 0.6) is 0 Å². The third-order valence-corrected chi connectivity index (χ3v) is 5.06. The molecule has 0 atom stereocenters. The van der Waals surface area contributed by atoms with Crippen LogP contribution in [0.1, 0.15) is 5.56 Å². The summed E-state index contributed by atoms with van der Waals surface area (Å²) in [7, 11) is 0. The Hall–Kier alpha value is -1.91. The summed E-state index contributed by atoms with van der Waals surface area (Å²) in [5, 5.41) is 2.17. The van der Waals surface area contributed by atoms with Crippen molar-refractivity contribution in [3.63, 3.8) is 0 Å². The van der Waals surface area contributed by atoms with Gasteiger partial charge in [0.1, 0.15) is 0 Å². The number of nitrogens with zero attached hydrogens (tertiary/aromatic N) is 2. The van der Waals surface area contributed by atoms with E-state index in [9.17, 15) is 0 Å². The van der Waals surface area contributed by atoms with Crippen LogP contribution in [0.25, 0.3) is 27.5 Å². The van der Waals surface area contributed by atoms with E-state index in [4.69, 9.17) is 4.98 Å². The summed E-state index contributed by atoms with van der Waals surface area (Å²) in [6, 6.07) is 16.9. The molecule has 0 aliphatic rings. The Morgan fingerprint density at radius 1 is 0.955 bits per heavy atom. The molecule has 0 radical (unpaired) electrons. The monoisotopic (exact) mass is 368 g/mol. The van der Waals surface area contributed by atoms with Crippen molar-refractivity contribution < 1.29 is 0 Å². The molecule has 4 heteroatoms. The SMILES string of the molecule is Cc1ccc(-c2csc3nc(-c4ccc(Br)cc4)cn23)cc1. The third-order valence-electron chi connectivity index (χ3n) is 3.70. The summed E-state index contributed by atoms with van der Waals surface area (Å²) in [5.41, 5.74) is 5.82. The highest BCUT2D eigenvalue weighted by atomic mass is 79.9. The number of thiazole rings is 1. The number of halogens is 1. The Morgan fingerprint density at radius 3 is 2.36 bits per heavy atom. The molecule has 0 spiro atoms. The fraction of sp³-hybridized carbons (Fsp3) is 0.0556. The zero-order valence-electron chi connectivity index (χ0n) is 12.0. The highest BCUT2D eigenvalue weighted by molar-refractivity contribution is 9.10. The zero-order valence-corrected chi connectivity index (χ0v) is 14.4. The van der Waals surface area contributed by atoms with Gasteiger partial charge in [-0.1, -0.05) is 57.9 Å². The van der Waals surface area contributed by atoms with Crippen LogP contribution in [0.15, 0.2) is 64.6 Å². The number of rotatable bonds is 2. The topological polar surface area (TPSA) is 17.3 Å². The third kappa shape index (κ3) is 2.38. The summed E-state index contributed by atoms with van der Waals surface area (Å²) in [6.45, 7) is 2.11. The Labute approximate surface area is 141 Å². The Bertz CT molecular complexity index is 934. The van der Waals surface area contributed by atoms with E-state index in [1.165, 1.54) is 16.8 Å². The van der Waals surface area contributed by atoms with E-state index < -0.39 is 0 Å². The van der Waals surface area contributed by atoms with Gasteiger partial charge in [0.05, 0.1) is 11.4 Å². The summed E-state index contributed by atoms with van der Waals surface area (Å²) in [6.07, 6.45) is 2.12. The molecule has 22 heavy (non-hydrogen) atoms. The van der Waals surface area contributed by atoms with Crippen LogP contribution < -0.4 is 0 Å². The van der Waals surface area contributed by atoms with Gasteiger partial charge in [-0.3, -0.25) is 4.40 Å². The minimum absolute atomic E-state index is 1.01. The highest BCUT2D eigenvalue weighted by Gasteiger charge is 2.10. The van der Waals surface area contributed by atoms with Crippen molar-refractivity contribution in [2.24, 2.45) is 0 Å². The minimum Gasteiger partial charge on any atom is -0.290 e. The van der Waals surface area contributed by atoms with Crippen molar-refractivity contribution in [2.45, 2.75) is 6.92 Å². The van der Waals surface area contributed by atoms with Crippen LogP contribution in [0.3, 0.4) is 0 Å². The maximum Gasteiger partial charge on any atom is 0.194 e. The van der Waals surface area contributed by atoms with E-state index in [2.05, 4.69) is 75.2 Å². The first-order valence-corrected chi connectivity index (χ1v) is 8.67. The van der Waals surface area contributed by atoms with Gasteiger partial charge in [0.25, 0.3) is 0 Å². The van der Waals surface area contributed by atoms with Crippen LogP contribution in [0, 0.1) is 6.92 Å². The van der Waals surface area contributed by atoms with Crippen LogP contribution in [-0.4, -0.2) is 9.38 Å². The molecule has 0 bridgehead atoms. The van der Waals surface area contributed by atoms with Gasteiger partial charge < -0.3 is 0 Å². The average Bonchev–Trinajstić information content (AvgIpc) is 3.09. The van der Waals surface area contributed by atoms with Crippen molar-refractivity contribution in [2.75, 3.05) is 0 Å². The molecule has 0 N–H and O–H groups in total. The van der Waals surface area contributed by atoms with Crippen LogP contribution in [-0.2, 0) is 0 Å². The maximum atomic E-state index is 4.74. The first-order chi connectivity index (χ1) is 10.7. The molecule has 0 aliphatic heterocycles. The second kappa shape index (κ2) is 5.38. The fourth-order valence-corrected chi connectivity index (χ4v) is 3.62. The fourth-order valence-electron chi connectivity index (χ4n) is 2.48. The average molecular weight is 369 g/mol. The van der Waals surface area contributed by atoms with Gasteiger partial charge in [-0.05, 0) is 24.6 Å². The van der Waals surface area contributed by atoms with Gasteiger partial charge >= 0.3 is 0 Å². The molecule has 0 saturated carbocycles. The smallest absolute Gasteiger partial charge is 0.194 e. The Morgan fingerprint density at radius 2 is 1.64 bits per heavy atom. The summed E-state index contributed by atoms with van der Waals surface area (Å²) >= 11 is 5.14. The molecular weight excluding hydrogens is 356 g/mol. The number of benzene rings is 2. The predicted octanol–water partition coefficient (Wildman–Crippen LogP) is 5.80. The molecule has 4 aromatic rings. The quantitative estimate of drug-likeness (QED) is 0.436. The molecule has 2 aromatic carbocycles. The molecule has 0 amide bonds. The second-order valence-corrected chi connectivity index (χ2v) is 7.02. The first-order valence-electron chi connectivity index (χ1n) is 7.00. The molecule has 0 fully saturated rings. The van der Waals surface area contributed by atoms with Crippen molar-refractivity contribution in [1.82, 2.24) is 9.38 Å². The molecule has 2 heterocycles. The van der Waals surface area contributed by atoms with E-state index in [-0.39, 0.29) is 0 Å². The lowest BCUT2D eigenvalue weighted by Gasteiger charge is -2.00. The van der Waals surface area contributed by atoms with Gasteiger partial charge in [-0.25, -0.2) is 4.98 Å². The van der Waals surface area contributed by atoms with E-state index in [0.717, 1.165) is 20.7 Å². The molecule has 0 unspecified atom stereocenters. The van der Waals surface area contributed by atoms with Crippen LogP contribution in [0.4, 0.5) is 0 Å². The lowest BCUT2D eigenvalue weighted by Crippen LogP contribution is -1.84. The predicted molar refractivity (Wildman–Crippen MR) is 96.4 cm³/mol. The zero-order chi connectivity index (χ0) is 15.1. The van der Waals surface area contributed by atoms with E-state index >= 15 is 0 Å². The standard InChI is InChI=1S/C18H13BrN2S/c1-12-2-4-14(5-3-12)17-11-22-18-20-16(10-21(17)18)13-6-8-15(19)9-7-13/h2-11H,1H3. The number of hydrogen-bond donors (Lipinski definition) is 0. The van der Waals surface area contributed by atoms with Crippen LogP contribution in [0.2, 0.25) is 0 Å². The number of fused-ring (bicyclic) bond motifs is 1. The number of aromatic nitrogens is 2. The number of hydrogen-bond acceptors (Lipinski definition) is 2. The Kier molecular flexibility index (Phi) is 3.36. The van der Waals surface area contributed by atoms with Gasteiger partial charge in [0.2, 0.25) is 0 Å². The first kappa shape index (κ1) is 13.7. The van der Waals surface area contributed by atoms with Crippen LogP contribution >= 0.6 is 27.3 Å². The molecule has 2 aromatic heterocycles. The summed E-state index contributed by atoms with van der Waals surface area (Å²) in [5.74, 6) is 0. The minimum atomic E-state index is 1.01. The van der Waals surface area contributed by atoms with E-state index in [0.29, 0.717) is 0 Å². The molecular formula is C18H13BrN2S. The second-order valence-electron chi connectivity index (χ2n) is 5.27. The summed E-state index contributed by atoms with van der Waals surface area (Å²) in [4.78, 5) is 5.76. The highest BCUT2D eigenvalue weighted by Crippen LogP contribution is 2.29. The lowest BCUT2D eigenvalue weighted by molar-refractivity contribution is 1.23. The molecule has 108 valence electrons. The van der Waals surface area contributed by atoms with Crippen molar-refractivity contribution in [1.29, 1.82) is 0 Å². The summed E-state index contributed by atoms with van der Waals surface area (Å²) < 4.78 is 3.25. The van der Waals surface area contributed by atoms with Crippen molar-refractivity contribution in [3.05, 3.63) is 70.1 Å². The molecule has 2 nitrogen and oxygen atoms in total. The molecule has 0 saturated heterocycles. The van der Waals surface area contributed by atoms with E-state index in [1.807, 2.05) is 12.1 Å². The molecule has 4 rings (SSSR count). The van der Waals surface area contributed by atoms with Gasteiger partial charge in [0, 0.05) is 21.6 Å². The largest absolute Gasteiger partial charge is 0.290 e. The number of imidazole rings is 1. The van der Waals surface area contributed by atoms with Crippen molar-refractivity contribution >= 4 is 32.2 Å². The van der Waals surface area contributed by atoms with Gasteiger partial charge in [-0.15, -0.1) is 11.3 Å². The van der Waals surface area contributed by atoms with Crippen molar-refractivity contribution in [3.8, 4) is 22.5 Å². The normalized spacial score (nSPS) is 11.2. The molecule has 0 aliphatic carbocycles. The van der Waals surface area contributed by atoms with Gasteiger partial charge in [-0.2, -0.15) is 0 Å². The van der Waals surface area contributed by atoms with Gasteiger partial charge in [0.15, 0.2) is 4.96 Å². The lowest BCUT2D eigenvalue weighted by atomic mass is 10.1.